The van der Waals surface area contributed by atoms with Gasteiger partial charge in [-0.15, -0.1) is 34.2 Å². The molecule has 0 aliphatic carbocycles. The lowest BCUT2D eigenvalue weighted by atomic mass is 10.2. The molecule has 0 saturated carbocycles. The molecule has 1 atom stereocenters. The monoisotopic (exact) mass is 477 g/mol. The van der Waals surface area contributed by atoms with Crippen molar-refractivity contribution in [3.05, 3.63) is 12.2 Å². The Morgan fingerprint density at radius 2 is 2.15 bits per heavy atom. The van der Waals surface area contributed by atoms with E-state index in [1.807, 2.05) is 25.3 Å². The summed E-state index contributed by atoms with van der Waals surface area (Å²) in [6, 6.07) is 0.202. The maximum Gasteiger partial charge on any atom is 0.410 e. The quantitative estimate of drug-likeness (QED) is 0.661. The average Bonchev–Trinajstić information content (AvgIpc) is 3.16. The van der Waals surface area contributed by atoms with E-state index in [1.54, 1.807) is 11.2 Å². The summed E-state index contributed by atoms with van der Waals surface area (Å²) in [7, 11) is 0. The first-order valence-electron chi connectivity index (χ1n) is 8.77. The third-order valence-corrected chi connectivity index (χ3v) is 4.30. The summed E-state index contributed by atoms with van der Waals surface area (Å²) in [6.45, 7) is 11.8. The molecule has 3 heterocycles. The van der Waals surface area contributed by atoms with Crippen molar-refractivity contribution in [3.63, 3.8) is 0 Å². The molecule has 1 aromatic rings. The van der Waals surface area contributed by atoms with Gasteiger partial charge in [0.1, 0.15) is 11.9 Å². The van der Waals surface area contributed by atoms with Gasteiger partial charge in [-0.3, -0.25) is 4.99 Å². The van der Waals surface area contributed by atoms with Crippen molar-refractivity contribution in [2.24, 2.45) is 4.99 Å². The summed E-state index contributed by atoms with van der Waals surface area (Å²) in [5, 5.41) is 11.4. The Bertz CT molecular complexity index is 655. The zero-order valence-corrected chi connectivity index (χ0v) is 18.1. The van der Waals surface area contributed by atoms with Crippen molar-refractivity contribution >= 4 is 36.0 Å². The Morgan fingerprint density at radius 3 is 2.85 bits per heavy atom. The number of aromatic nitrogens is 3. The summed E-state index contributed by atoms with van der Waals surface area (Å²) < 4.78 is 7.47. The van der Waals surface area contributed by atoms with E-state index in [0.29, 0.717) is 26.2 Å². The van der Waals surface area contributed by atoms with Crippen molar-refractivity contribution in [1.82, 2.24) is 29.9 Å². The number of piperazine rings is 1. The van der Waals surface area contributed by atoms with Crippen molar-refractivity contribution in [3.8, 4) is 0 Å². The van der Waals surface area contributed by atoms with E-state index in [-0.39, 0.29) is 36.1 Å². The molecule has 0 radical (unpaired) electrons. The molecular weight excluding hydrogens is 449 g/mol. The number of carbonyl (C=O) groups is 1. The molecule has 2 aliphatic heterocycles. The molecule has 146 valence electrons. The summed E-state index contributed by atoms with van der Waals surface area (Å²) in [5.74, 6) is 1.76. The lowest BCUT2D eigenvalue weighted by Crippen LogP contribution is -2.57. The minimum Gasteiger partial charge on any atom is -0.444 e. The molecule has 1 aromatic heterocycles. The number of halogens is 1. The van der Waals surface area contributed by atoms with Crippen molar-refractivity contribution in [2.45, 2.75) is 52.4 Å². The fourth-order valence-corrected chi connectivity index (χ4v) is 3.06. The Morgan fingerprint density at radius 1 is 1.38 bits per heavy atom. The number of carbonyl (C=O) groups excluding carboxylic acids is 1. The molecule has 9 nitrogen and oxygen atoms in total. The highest BCUT2D eigenvalue weighted by Crippen LogP contribution is 2.18. The molecule has 2 aliphatic rings. The first-order chi connectivity index (χ1) is 11.9. The molecule has 0 bridgehead atoms. The summed E-state index contributed by atoms with van der Waals surface area (Å²) in [6.07, 6.45) is 1.49. The van der Waals surface area contributed by atoms with Crippen LogP contribution in [0, 0.1) is 0 Å². The van der Waals surface area contributed by atoms with Crippen molar-refractivity contribution in [2.75, 3.05) is 26.2 Å². The largest absolute Gasteiger partial charge is 0.444 e. The standard InChI is InChI=1S/C16H27N7O2.HI/c1-5-21-11-19-20-13(21)9-18-14-17-8-12-10-22(6-7-23(12)14)15(24)25-16(2,3)4;/h11-12H,5-10H2,1-4H3,(H,17,18);1H. The number of nitrogens with one attached hydrogen (secondary N) is 1. The van der Waals surface area contributed by atoms with Gasteiger partial charge in [-0.05, 0) is 27.7 Å². The lowest BCUT2D eigenvalue weighted by Gasteiger charge is -2.39. The second-order valence-corrected chi connectivity index (χ2v) is 7.32. The highest BCUT2D eigenvalue weighted by atomic mass is 127. The summed E-state index contributed by atoms with van der Waals surface area (Å²) >= 11 is 0. The third-order valence-electron chi connectivity index (χ3n) is 4.30. The van der Waals surface area contributed by atoms with Gasteiger partial charge in [0.25, 0.3) is 0 Å². The minimum absolute atomic E-state index is 0. The van der Waals surface area contributed by atoms with Gasteiger partial charge < -0.3 is 24.4 Å². The maximum absolute atomic E-state index is 12.2. The zero-order valence-electron chi connectivity index (χ0n) is 15.8. The van der Waals surface area contributed by atoms with Crippen LogP contribution in [0.2, 0.25) is 0 Å². The molecule has 1 saturated heterocycles. The van der Waals surface area contributed by atoms with Crippen LogP contribution in [0.1, 0.15) is 33.5 Å². The van der Waals surface area contributed by atoms with Gasteiger partial charge in [-0.1, -0.05) is 0 Å². The van der Waals surface area contributed by atoms with Crippen LogP contribution in [0.25, 0.3) is 0 Å². The highest BCUT2D eigenvalue weighted by Gasteiger charge is 2.36. The van der Waals surface area contributed by atoms with Crippen LogP contribution in [-0.4, -0.2) is 74.4 Å². The first-order valence-corrected chi connectivity index (χ1v) is 8.77. The normalized spacial score (nSPS) is 19.5. The number of aliphatic imine (C=N–C) groups is 1. The van der Waals surface area contributed by atoms with Gasteiger partial charge in [-0.25, -0.2) is 4.79 Å². The minimum atomic E-state index is -0.470. The van der Waals surface area contributed by atoms with Crippen molar-refractivity contribution < 1.29 is 9.53 Å². The third kappa shape index (κ3) is 4.77. The zero-order chi connectivity index (χ0) is 18.0. The van der Waals surface area contributed by atoms with Crippen LogP contribution in [0.15, 0.2) is 11.3 Å². The van der Waals surface area contributed by atoms with Crippen molar-refractivity contribution in [1.29, 1.82) is 0 Å². The van der Waals surface area contributed by atoms with E-state index in [4.69, 9.17) is 4.74 Å². The van der Waals surface area contributed by atoms with Gasteiger partial charge in [0.15, 0.2) is 11.8 Å². The maximum atomic E-state index is 12.2. The SMILES string of the molecule is CCn1cnnc1CNC1=NCC2CN(C(=O)OC(C)(C)C)CCN12.I. The predicted octanol–water partition coefficient (Wildman–Crippen LogP) is 1.30. The number of nitrogens with zero attached hydrogens (tertiary/aromatic N) is 6. The van der Waals surface area contributed by atoms with Crippen LogP contribution >= 0.6 is 24.0 Å². The second kappa shape index (κ2) is 8.40. The molecule has 1 unspecified atom stereocenters. The van der Waals surface area contributed by atoms with Crippen LogP contribution in [-0.2, 0) is 17.8 Å². The van der Waals surface area contributed by atoms with E-state index in [0.717, 1.165) is 24.9 Å². The van der Waals surface area contributed by atoms with E-state index in [9.17, 15) is 4.79 Å². The Balaban J connectivity index is 0.00000243. The van der Waals surface area contributed by atoms with E-state index in [2.05, 4.69) is 32.3 Å². The molecule has 10 heteroatoms. The van der Waals surface area contributed by atoms with Crippen LogP contribution < -0.4 is 5.32 Å². The first kappa shape index (κ1) is 20.7. The Kier molecular flexibility index (Phi) is 6.69. The molecule has 0 spiro atoms. The number of ether oxygens (including phenoxy) is 1. The van der Waals surface area contributed by atoms with Gasteiger partial charge in [-0.2, -0.15) is 0 Å². The van der Waals surface area contributed by atoms with Gasteiger partial charge in [0.05, 0.1) is 19.1 Å². The smallest absolute Gasteiger partial charge is 0.410 e. The number of hydrogen-bond donors (Lipinski definition) is 1. The van der Waals surface area contributed by atoms with Gasteiger partial charge in [0.2, 0.25) is 0 Å². The molecule has 26 heavy (non-hydrogen) atoms. The van der Waals surface area contributed by atoms with Crippen LogP contribution in [0.5, 0.6) is 0 Å². The highest BCUT2D eigenvalue weighted by molar-refractivity contribution is 14.0. The topological polar surface area (TPSA) is 87.9 Å². The molecular formula is C16H28IN7O2. The van der Waals surface area contributed by atoms with Gasteiger partial charge >= 0.3 is 6.09 Å². The molecule has 0 aromatic carbocycles. The Labute approximate surface area is 171 Å². The number of rotatable bonds is 3. The fraction of sp³-hybridized carbons (Fsp3) is 0.750. The van der Waals surface area contributed by atoms with Gasteiger partial charge in [0, 0.05) is 26.2 Å². The predicted molar refractivity (Wildman–Crippen MR) is 109 cm³/mol. The fourth-order valence-electron chi connectivity index (χ4n) is 3.06. The number of amides is 1. The Hall–Kier alpha value is -1.59. The van der Waals surface area contributed by atoms with E-state index >= 15 is 0 Å². The number of fused-ring (bicyclic) bond motifs is 1. The average molecular weight is 477 g/mol. The number of hydrogen-bond acceptors (Lipinski definition) is 7. The summed E-state index contributed by atoms with van der Waals surface area (Å²) in [5.41, 5.74) is -0.470. The second-order valence-electron chi connectivity index (χ2n) is 7.32. The lowest BCUT2D eigenvalue weighted by molar-refractivity contribution is 0.0137. The van der Waals surface area contributed by atoms with E-state index in [1.165, 1.54) is 0 Å². The van der Waals surface area contributed by atoms with Crippen LogP contribution in [0.3, 0.4) is 0 Å². The summed E-state index contributed by atoms with van der Waals surface area (Å²) in [4.78, 5) is 20.9. The molecule has 1 amide bonds. The molecule has 3 rings (SSSR count). The van der Waals surface area contributed by atoms with Crippen LogP contribution in [0.4, 0.5) is 4.79 Å². The number of aryl methyl sites for hydroxylation is 1. The number of guanidine groups is 1. The molecule has 1 fully saturated rings. The van der Waals surface area contributed by atoms with E-state index < -0.39 is 5.60 Å². The molecule has 1 N–H and O–H groups in total.